The lowest BCUT2D eigenvalue weighted by molar-refractivity contribution is 0.0890. The average Bonchev–Trinajstić information content (AvgIpc) is 2.94. The normalized spacial score (nSPS) is 20.2. The second-order valence-electron chi connectivity index (χ2n) is 6.26. The first-order valence-corrected chi connectivity index (χ1v) is 8.62. The molecule has 1 aliphatic heterocycles. The van der Waals surface area contributed by atoms with Gasteiger partial charge in [-0.3, -0.25) is 4.79 Å². The highest BCUT2D eigenvalue weighted by Gasteiger charge is 2.24. The third kappa shape index (κ3) is 3.33. The second kappa shape index (κ2) is 6.24. The Kier molecular flexibility index (Phi) is 4.36. The molecule has 0 bridgehead atoms. The van der Waals surface area contributed by atoms with Gasteiger partial charge in [0.25, 0.3) is 0 Å². The molecule has 2 aromatic rings. The number of carbonyl (C=O) groups is 1. The van der Waals surface area contributed by atoms with E-state index in [0.717, 1.165) is 22.3 Å². The van der Waals surface area contributed by atoms with E-state index in [1.165, 1.54) is 19.4 Å². The van der Waals surface area contributed by atoms with Crippen LogP contribution in [0, 0.1) is 5.92 Å². The first kappa shape index (κ1) is 14.7. The van der Waals surface area contributed by atoms with Crippen LogP contribution in [0.1, 0.15) is 43.5 Å². The molecular weight excluding hydrogens is 280 g/mol. The van der Waals surface area contributed by atoms with Crippen molar-refractivity contribution in [3.8, 4) is 0 Å². The number of benzene rings is 1. The van der Waals surface area contributed by atoms with Crippen molar-refractivity contribution in [2.45, 2.75) is 39.2 Å². The lowest BCUT2D eigenvalue weighted by Gasteiger charge is -2.35. The number of thiazole rings is 1. The van der Waals surface area contributed by atoms with E-state index in [4.69, 9.17) is 0 Å². The number of hydrogen-bond donors (Lipinski definition) is 0. The highest BCUT2D eigenvalue weighted by atomic mass is 32.1. The van der Waals surface area contributed by atoms with Gasteiger partial charge in [0.2, 0.25) is 0 Å². The Balaban J connectivity index is 1.67. The van der Waals surface area contributed by atoms with Gasteiger partial charge in [0.15, 0.2) is 5.78 Å². The minimum atomic E-state index is 0.279. The maximum absolute atomic E-state index is 12.5. The van der Waals surface area contributed by atoms with E-state index in [1.807, 2.05) is 23.7 Å². The fourth-order valence-electron chi connectivity index (χ4n) is 3.14. The number of carbonyl (C=O) groups excluding carboxylic acids is 1. The predicted octanol–water partition coefficient (Wildman–Crippen LogP) is 3.99. The largest absolute Gasteiger partial charge is 0.301 e. The summed E-state index contributed by atoms with van der Waals surface area (Å²) in [4.78, 5) is 19.3. The number of piperidine rings is 1. The van der Waals surface area contributed by atoms with Gasteiger partial charge in [-0.2, -0.15) is 0 Å². The van der Waals surface area contributed by atoms with Crippen molar-refractivity contribution in [2.24, 2.45) is 5.92 Å². The Morgan fingerprint density at radius 2 is 2.33 bits per heavy atom. The van der Waals surface area contributed by atoms with Crippen LogP contribution in [0.5, 0.6) is 0 Å². The van der Waals surface area contributed by atoms with Gasteiger partial charge in [0.05, 0.1) is 15.7 Å². The number of nitrogens with zero attached hydrogens (tertiary/aromatic N) is 2. The molecule has 112 valence electrons. The van der Waals surface area contributed by atoms with Crippen LogP contribution in [0.4, 0.5) is 0 Å². The molecule has 2 heterocycles. The fraction of sp³-hybridized carbons (Fsp3) is 0.529. The Morgan fingerprint density at radius 1 is 1.48 bits per heavy atom. The lowest BCUT2D eigenvalue weighted by atomic mass is 9.90. The number of aromatic nitrogens is 1. The van der Waals surface area contributed by atoms with Crippen LogP contribution in [-0.2, 0) is 0 Å². The first-order chi connectivity index (χ1) is 10.1. The maximum atomic E-state index is 12.5. The van der Waals surface area contributed by atoms with Gasteiger partial charge >= 0.3 is 0 Å². The third-order valence-corrected chi connectivity index (χ3v) is 5.20. The number of hydrogen-bond acceptors (Lipinski definition) is 4. The van der Waals surface area contributed by atoms with Crippen LogP contribution in [-0.4, -0.2) is 34.8 Å². The Hall–Kier alpha value is -1.26. The van der Waals surface area contributed by atoms with E-state index in [1.54, 1.807) is 11.3 Å². The van der Waals surface area contributed by atoms with Crippen LogP contribution in [0.25, 0.3) is 10.2 Å². The molecule has 0 N–H and O–H groups in total. The molecule has 1 fully saturated rings. The molecule has 0 spiro atoms. The summed E-state index contributed by atoms with van der Waals surface area (Å²) in [6, 6.07) is 6.46. The Morgan fingerprint density at radius 3 is 3.14 bits per heavy atom. The van der Waals surface area contributed by atoms with Crippen LogP contribution in [0.15, 0.2) is 23.7 Å². The molecule has 0 unspecified atom stereocenters. The van der Waals surface area contributed by atoms with Crippen LogP contribution in [0.3, 0.4) is 0 Å². The summed E-state index contributed by atoms with van der Waals surface area (Å²) in [6.45, 7) is 6.71. The summed E-state index contributed by atoms with van der Waals surface area (Å²) in [7, 11) is 0. The molecule has 4 heteroatoms. The first-order valence-electron chi connectivity index (χ1n) is 7.74. The van der Waals surface area contributed by atoms with Crippen LogP contribution >= 0.6 is 11.3 Å². The van der Waals surface area contributed by atoms with Gasteiger partial charge < -0.3 is 4.90 Å². The van der Waals surface area contributed by atoms with E-state index in [0.29, 0.717) is 18.4 Å². The SMILES string of the molecule is CC(C)N1CCC[C@@H](CC(=O)c2ccc3ncsc3c2)C1. The number of rotatable bonds is 4. The zero-order valence-electron chi connectivity index (χ0n) is 12.7. The average molecular weight is 302 g/mol. The summed E-state index contributed by atoms with van der Waals surface area (Å²) >= 11 is 1.60. The quantitative estimate of drug-likeness (QED) is 0.801. The van der Waals surface area contributed by atoms with E-state index in [9.17, 15) is 4.79 Å². The molecule has 0 radical (unpaired) electrons. The van der Waals surface area contributed by atoms with Crippen LogP contribution < -0.4 is 0 Å². The van der Waals surface area contributed by atoms with Crippen molar-refractivity contribution in [3.63, 3.8) is 0 Å². The fourth-order valence-corrected chi connectivity index (χ4v) is 3.86. The molecule has 1 atom stereocenters. The molecule has 1 saturated heterocycles. The summed E-state index contributed by atoms with van der Waals surface area (Å²) < 4.78 is 1.10. The second-order valence-corrected chi connectivity index (χ2v) is 7.15. The van der Waals surface area contributed by atoms with Gasteiger partial charge in [-0.1, -0.05) is 0 Å². The minimum Gasteiger partial charge on any atom is -0.301 e. The van der Waals surface area contributed by atoms with Crippen LogP contribution in [0.2, 0.25) is 0 Å². The summed E-state index contributed by atoms with van der Waals surface area (Å²) in [5, 5.41) is 0. The highest BCUT2D eigenvalue weighted by Crippen LogP contribution is 2.25. The van der Waals surface area contributed by atoms with Crippen molar-refractivity contribution in [1.29, 1.82) is 0 Å². The molecule has 0 saturated carbocycles. The Labute approximate surface area is 130 Å². The number of fused-ring (bicyclic) bond motifs is 1. The number of likely N-dealkylation sites (tertiary alicyclic amines) is 1. The van der Waals surface area contributed by atoms with E-state index in [-0.39, 0.29) is 5.78 Å². The van der Waals surface area contributed by atoms with E-state index < -0.39 is 0 Å². The van der Waals surface area contributed by atoms with E-state index in [2.05, 4.69) is 23.7 Å². The molecule has 3 rings (SSSR count). The zero-order valence-corrected chi connectivity index (χ0v) is 13.5. The van der Waals surface area contributed by atoms with Gasteiger partial charge in [-0.25, -0.2) is 4.98 Å². The summed E-state index contributed by atoms with van der Waals surface area (Å²) in [5.74, 6) is 0.784. The van der Waals surface area contributed by atoms with E-state index >= 15 is 0 Å². The monoisotopic (exact) mass is 302 g/mol. The third-order valence-electron chi connectivity index (χ3n) is 4.41. The maximum Gasteiger partial charge on any atom is 0.163 e. The molecule has 1 aliphatic rings. The van der Waals surface area contributed by atoms with Gasteiger partial charge in [-0.15, -0.1) is 11.3 Å². The molecule has 0 amide bonds. The topological polar surface area (TPSA) is 33.2 Å². The highest BCUT2D eigenvalue weighted by molar-refractivity contribution is 7.16. The number of ketones is 1. The smallest absolute Gasteiger partial charge is 0.163 e. The molecule has 21 heavy (non-hydrogen) atoms. The Bertz CT molecular complexity index is 635. The summed E-state index contributed by atoms with van der Waals surface area (Å²) in [6.07, 6.45) is 3.06. The van der Waals surface area contributed by atoms with Crippen molar-refractivity contribution < 1.29 is 4.79 Å². The van der Waals surface area contributed by atoms with Gasteiger partial charge in [0, 0.05) is 24.6 Å². The zero-order chi connectivity index (χ0) is 14.8. The van der Waals surface area contributed by atoms with Crippen molar-refractivity contribution >= 4 is 27.3 Å². The van der Waals surface area contributed by atoms with Crippen molar-refractivity contribution in [3.05, 3.63) is 29.3 Å². The lowest BCUT2D eigenvalue weighted by Crippen LogP contribution is -2.40. The molecular formula is C17H22N2OS. The standard InChI is InChI=1S/C17H22N2OS/c1-12(2)19-7-3-4-13(10-19)8-16(20)14-5-6-15-17(9-14)21-11-18-15/h5-6,9,11-13H,3-4,7-8,10H2,1-2H3/t13-/m0/s1. The minimum absolute atomic E-state index is 0.279. The number of Topliss-reactive ketones (excluding diaryl/α,β-unsaturated/α-hetero) is 1. The summed E-state index contributed by atoms with van der Waals surface area (Å²) in [5.41, 5.74) is 3.66. The predicted molar refractivity (Wildman–Crippen MR) is 88.0 cm³/mol. The van der Waals surface area contributed by atoms with Gasteiger partial charge in [0.1, 0.15) is 0 Å². The molecule has 1 aromatic heterocycles. The van der Waals surface area contributed by atoms with Crippen molar-refractivity contribution in [1.82, 2.24) is 9.88 Å². The molecule has 0 aliphatic carbocycles. The molecule has 3 nitrogen and oxygen atoms in total. The van der Waals surface area contributed by atoms with Gasteiger partial charge in [-0.05, 0) is 57.4 Å². The molecule has 1 aromatic carbocycles. The van der Waals surface area contributed by atoms with Crippen molar-refractivity contribution in [2.75, 3.05) is 13.1 Å².